The van der Waals surface area contributed by atoms with Crippen molar-refractivity contribution in [1.29, 1.82) is 0 Å². The van der Waals surface area contributed by atoms with Crippen molar-refractivity contribution in [3.63, 3.8) is 0 Å². The van der Waals surface area contributed by atoms with Gasteiger partial charge in [0.1, 0.15) is 5.80 Å². The molecule has 0 aliphatic carbocycles. The Labute approximate surface area is 92.1 Å². The topological polar surface area (TPSA) is 124 Å². The number of rotatable bonds is 7. The van der Waals surface area contributed by atoms with Crippen LogP contribution in [0.5, 0.6) is 0 Å². The smallest absolute Gasteiger partial charge is 0.373 e. The van der Waals surface area contributed by atoms with Crippen LogP contribution < -0.4 is 4.89 Å². The molecule has 0 aromatic heterocycles. The molecular formula is C8H11O7P. The van der Waals surface area contributed by atoms with Crippen molar-refractivity contribution < 1.29 is 34.2 Å². The fraction of sp³-hybridized carbons (Fsp3) is 0.500. The molecule has 8 heteroatoms. The van der Waals surface area contributed by atoms with Gasteiger partial charge < -0.3 is 19.8 Å². The summed E-state index contributed by atoms with van der Waals surface area (Å²) in [4.78, 5) is 43.0. The van der Waals surface area contributed by atoms with Crippen LogP contribution in [0, 0.1) is 5.92 Å². The van der Waals surface area contributed by atoms with E-state index in [0.29, 0.717) is 12.4 Å². The number of aliphatic carboxylic acids is 2. The Balaban J connectivity index is 4.74. The summed E-state index contributed by atoms with van der Waals surface area (Å²) in [6.07, 6.45) is -0.234. The SMILES string of the molecule is CCOC[P+]([O-])=CC(C(=O)O)C(=O)C(=O)O. The predicted octanol–water partition coefficient (Wildman–Crippen LogP) is -1.11. The summed E-state index contributed by atoms with van der Waals surface area (Å²) in [5.41, 5.74) is 0. The molecule has 0 heterocycles. The molecule has 0 bridgehead atoms. The monoisotopic (exact) mass is 250 g/mol. The molecule has 2 atom stereocenters. The fourth-order valence-corrected chi connectivity index (χ4v) is 1.81. The van der Waals surface area contributed by atoms with E-state index >= 15 is 0 Å². The lowest BCUT2D eigenvalue weighted by Gasteiger charge is -2.03. The first-order valence-corrected chi connectivity index (χ1v) is 5.78. The van der Waals surface area contributed by atoms with Gasteiger partial charge in [0.2, 0.25) is 6.35 Å². The van der Waals surface area contributed by atoms with Gasteiger partial charge in [-0.1, -0.05) is 0 Å². The summed E-state index contributed by atoms with van der Waals surface area (Å²) < 4.78 is 4.75. The van der Waals surface area contributed by atoms with Gasteiger partial charge in [-0.15, -0.1) is 0 Å². The molecule has 7 nitrogen and oxygen atoms in total. The number of Topliss-reactive ketones (excluding diaryl/α,β-unsaturated/α-hetero) is 1. The Morgan fingerprint density at radius 1 is 1.44 bits per heavy atom. The summed E-state index contributed by atoms with van der Waals surface area (Å²) >= 11 is 0. The van der Waals surface area contributed by atoms with Crippen LogP contribution in [0.25, 0.3) is 0 Å². The minimum absolute atomic E-state index is 0.234. The number of hydrogen-bond donors (Lipinski definition) is 2. The largest absolute Gasteiger partial charge is 0.629 e. The number of carboxylic acid groups (broad SMARTS) is 2. The van der Waals surface area contributed by atoms with E-state index in [9.17, 15) is 19.3 Å². The first-order chi connectivity index (χ1) is 7.40. The fourth-order valence-electron chi connectivity index (χ4n) is 0.767. The van der Waals surface area contributed by atoms with E-state index in [1.165, 1.54) is 0 Å². The number of carboxylic acids is 2. The molecule has 0 amide bonds. The van der Waals surface area contributed by atoms with Gasteiger partial charge >= 0.3 is 11.9 Å². The molecular weight excluding hydrogens is 239 g/mol. The molecule has 16 heavy (non-hydrogen) atoms. The second-order valence-electron chi connectivity index (χ2n) is 2.67. The van der Waals surface area contributed by atoms with Crippen LogP contribution >= 0.6 is 7.77 Å². The molecule has 0 aromatic rings. The predicted molar refractivity (Wildman–Crippen MR) is 53.2 cm³/mol. The van der Waals surface area contributed by atoms with E-state index in [1.54, 1.807) is 6.92 Å². The third-order valence-corrected chi connectivity index (χ3v) is 2.57. The summed E-state index contributed by atoms with van der Waals surface area (Å²) in [6.45, 7) is 1.94. The molecule has 0 aliphatic heterocycles. The highest BCUT2D eigenvalue weighted by Crippen LogP contribution is 2.13. The van der Waals surface area contributed by atoms with Crippen molar-refractivity contribution in [2.24, 2.45) is 5.92 Å². The molecule has 0 saturated heterocycles. The Kier molecular flexibility index (Phi) is 6.48. The van der Waals surface area contributed by atoms with Gasteiger partial charge in [0.15, 0.2) is 5.92 Å². The molecule has 0 aliphatic rings. The molecule has 90 valence electrons. The summed E-state index contributed by atoms with van der Waals surface area (Å²) in [5.74, 6) is -6.26. The zero-order valence-electron chi connectivity index (χ0n) is 8.45. The van der Waals surface area contributed by atoms with E-state index in [0.717, 1.165) is 0 Å². The maximum atomic E-state index is 11.2. The van der Waals surface area contributed by atoms with Crippen molar-refractivity contribution in [3.05, 3.63) is 0 Å². The van der Waals surface area contributed by atoms with Gasteiger partial charge in [-0.05, 0) is 6.92 Å². The zero-order chi connectivity index (χ0) is 12.7. The molecule has 0 spiro atoms. The molecule has 0 rings (SSSR count). The normalized spacial score (nSPS) is 13.2. The maximum absolute atomic E-state index is 11.2. The van der Waals surface area contributed by atoms with Crippen LogP contribution in [-0.4, -0.2) is 46.7 Å². The van der Waals surface area contributed by atoms with Gasteiger partial charge in [0.05, 0.1) is 7.77 Å². The van der Waals surface area contributed by atoms with E-state index in [2.05, 4.69) is 0 Å². The maximum Gasteiger partial charge on any atom is 0.373 e. The Morgan fingerprint density at radius 2 is 2.00 bits per heavy atom. The van der Waals surface area contributed by atoms with Gasteiger partial charge in [-0.25, -0.2) is 4.79 Å². The van der Waals surface area contributed by atoms with E-state index < -0.39 is 31.4 Å². The summed E-state index contributed by atoms with van der Waals surface area (Å²) in [7, 11) is -2.18. The van der Waals surface area contributed by atoms with Crippen molar-refractivity contribution in [2.45, 2.75) is 6.92 Å². The van der Waals surface area contributed by atoms with Crippen LogP contribution in [0.3, 0.4) is 0 Å². The second-order valence-corrected chi connectivity index (χ2v) is 4.06. The highest BCUT2D eigenvalue weighted by Gasteiger charge is 2.32. The zero-order valence-corrected chi connectivity index (χ0v) is 9.35. The van der Waals surface area contributed by atoms with Crippen LogP contribution in [0.15, 0.2) is 0 Å². The van der Waals surface area contributed by atoms with Crippen molar-refractivity contribution in [2.75, 3.05) is 13.0 Å². The van der Waals surface area contributed by atoms with Crippen molar-refractivity contribution >= 4 is 31.3 Å². The van der Waals surface area contributed by atoms with E-state index in [1.807, 2.05) is 0 Å². The molecule has 0 aromatic carbocycles. The quantitative estimate of drug-likeness (QED) is 0.333. The first-order valence-electron chi connectivity index (χ1n) is 4.26. The third kappa shape index (κ3) is 4.97. The Bertz CT molecular complexity index is 322. The molecule has 0 radical (unpaired) electrons. The highest BCUT2D eigenvalue weighted by atomic mass is 31.1. The minimum atomic E-state index is -2.18. The molecule has 2 N–H and O–H groups in total. The summed E-state index contributed by atoms with van der Waals surface area (Å²) in [5, 5.41) is 16.9. The lowest BCUT2D eigenvalue weighted by molar-refractivity contribution is -0.158. The Hall–Kier alpha value is -1.30. The first kappa shape index (κ1) is 14.7. The van der Waals surface area contributed by atoms with E-state index in [4.69, 9.17) is 14.9 Å². The number of ketones is 1. The van der Waals surface area contributed by atoms with Gasteiger partial charge in [-0.3, -0.25) is 9.59 Å². The van der Waals surface area contributed by atoms with Gasteiger partial charge in [0.25, 0.3) is 5.78 Å². The summed E-state index contributed by atoms with van der Waals surface area (Å²) in [6, 6.07) is 0. The van der Waals surface area contributed by atoms with Crippen LogP contribution in [0.2, 0.25) is 0 Å². The average Bonchev–Trinajstić information content (AvgIpc) is 2.21. The lowest BCUT2D eigenvalue weighted by atomic mass is 10.1. The van der Waals surface area contributed by atoms with E-state index in [-0.39, 0.29) is 6.35 Å². The third-order valence-electron chi connectivity index (χ3n) is 1.50. The average molecular weight is 250 g/mol. The minimum Gasteiger partial charge on any atom is -0.629 e. The number of carbonyl (C=O) groups excluding carboxylic acids is 1. The number of hydrogen-bond acceptors (Lipinski definition) is 5. The van der Waals surface area contributed by atoms with Crippen LogP contribution in [0.1, 0.15) is 6.92 Å². The van der Waals surface area contributed by atoms with Crippen LogP contribution in [0.4, 0.5) is 0 Å². The van der Waals surface area contributed by atoms with Crippen molar-refractivity contribution in [1.82, 2.24) is 0 Å². The Morgan fingerprint density at radius 3 is 2.38 bits per heavy atom. The molecule has 0 saturated carbocycles. The molecule has 2 unspecified atom stereocenters. The molecule has 0 fully saturated rings. The van der Waals surface area contributed by atoms with Crippen molar-refractivity contribution in [3.8, 4) is 0 Å². The highest BCUT2D eigenvalue weighted by molar-refractivity contribution is 7.50. The van der Waals surface area contributed by atoms with Gasteiger partial charge in [-0.2, -0.15) is 0 Å². The second kappa shape index (κ2) is 7.05. The number of carbonyl (C=O) groups is 3. The number of ether oxygens (including phenoxy) is 1. The van der Waals surface area contributed by atoms with Gasteiger partial charge in [0, 0.05) is 6.61 Å². The van der Waals surface area contributed by atoms with Crippen LogP contribution in [-0.2, 0) is 19.1 Å². The lowest BCUT2D eigenvalue weighted by Crippen LogP contribution is -2.31. The standard InChI is InChI=1S/C8H11O7P/c1-2-15-4-16(14)3-5(7(10)11)6(9)8(12)13/h3,5H,2,4H2,1H3,(H,10,11)(H,12,13).